The first-order valence-electron chi connectivity index (χ1n) is 9.29. The second kappa shape index (κ2) is 7.99. The normalized spacial score (nSPS) is 20.4. The van der Waals surface area contributed by atoms with Crippen molar-refractivity contribution in [3.05, 3.63) is 17.1 Å². The SMILES string of the molecule is CNc1nc(C2CCCCN2C(=O)CNC(C)=O)nc2c1CN(C)CC2. The topological polar surface area (TPSA) is 90.5 Å². The second-order valence-electron chi connectivity index (χ2n) is 7.10. The van der Waals surface area contributed by atoms with Gasteiger partial charge in [-0.25, -0.2) is 9.97 Å². The van der Waals surface area contributed by atoms with Crippen LogP contribution in [0.15, 0.2) is 0 Å². The highest BCUT2D eigenvalue weighted by Gasteiger charge is 2.31. The van der Waals surface area contributed by atoms with E-state index in [-0.39, 0.29) is 24.4 Å². The van der Waals surface area contributed by atoms with E-state index in [0.29, 0.717) is 12.4 Å². The Morgan fingerprint density at radius 2 is 2.04 bits per heavy atom. The number of amides is 2. The molecule has 0 aliphatic carbocycles. The zero-order valence-electron chi connectivity index (χ0n) is 15.8. The Balaban J connectivity index is 1.87. The van der Waals surface area contributed by atoms with E-state index < -0.39 is 0 Å². The fraction of sp³-hybridized carbons (Fsp3) is 0.667. The van der Waals surface area contributed by atoms with E-state index in [2.05, 4.69) is 22.6 Å². The Kier molecular flexibility index (Phi) is 5.70. The van der Waals surface area contributed by atoms with Crippen molar-refractivity contribution in [3.63, 3.8) is 0 Å². The number of likely N-dealkylation sites (N-methyl/N-ethyl adjacent to an activating group) is 1. The van der Waals surface area contributed by atoms with Crippen molar-refractivity contribution in [2.45, 2.75) is 45.2 Å². The molecule has 1 unspecified atom stereocenters. The number of piperidine rings is 1. The van der Waals surface area contributed by atoms with Crippen molar-refractivity contribution in [2.24, 2.45) is 0 Å². The molecule has 2 aliphatic rings. The van der Waals surface area contributed by atoms with Gasteiger partial charge in [0.15, 0.2) is 5.82 Å². The molecule has 2 N–H and O–H groups in total. The number of hydrogen-bond donors (Lipinski definition) is 2. The summed E-state index contributed by atoms with van der Waals surface area (Å²) >= 11 is 0. The molecule has 2 aliphatic heterocycles. The van der Waals surface area contributed by atoms with Crippen LogP contribution in [0.25, 0.3) is 0 Å². The number of aromatic nitrogens is 2. The molecule has 1 fully saturated rings. The van der Waals surface area contributed by atoms with Gasteiger partial charge in [0.1, 0.15) is 5.82 Å². The monoisotopic (exact) mass is 360 g/mol. The van der Waals surface area contributed by atoms with Crippen LogP contribution in [0, 0.1) is 0 Å². The summed E-state index contributed by atoms with van der Waals surface area (Å²) in [5.74, 6) is 1.31. The van der Waals surface area contributed by atoms with Gasteiger partial charge in [0, 0.05) is 45.6 Å². The highest BCUT2D eigenvalue weighted by atomic mass is 16.2. The summed E-state index contributed by atoms with van der Waals surface area (Å²) in [6, 6.07) is -0.123. The molecule has 3 heterocycles. The first-order chi connectivity index (χ1) is 12.5. The minimum atomic E-state index is -0.196. The lowest BCUT2D eigenvalue weighted by Gasteiger charge is -2.36. The summed E-state index contributed by atoms with van der Waals surface area (Å²) in [5.41, 5.74) is 2.23. The summed E-state index contributed by atoms with van der Waals surface area (Å²) in [6.07, 6.45) is 3.76. The standard InChI is InChI=1S/C18H28N6O2/c1-12(25)20-10-16(26)24-8-5-4-6-15(24)18-21-14-7-9-23(3)11-13(14)17(19-2)22-18/h15H,4-11H2,1-3H3,(H,20,25)(H,19,21,22). The summed E-state index contributed by atoms with van der Waals surface area (Å²) in [7, 11) is 3.97. The predicted molar refractivity (Wildman–Crippen MR) is 98.6 cm³/mol. The van der Waals surface area contributed by atoms with E-state index in [0.717, 1.165) is 55.8 Å². The molecular formula is C18H28N6O2. The molecule has 1 aromatic rings. The minimum Gasteiger partial charge on any atom is -0.373 e. The Labute approximate surface area is 154 Å². The van der Waals surface area contributed by atoms with Gasteiger partial charge in [-0.15, -0.1) is 0 Å². The molecule has 0 bridgehead atoms. The number of likely N-dealkylation sites (tertiary alicyclic amines) is 1. The quantitative estimate of drug-likeness (QED) is 0.821. The van der Waals surface area contributed by atoms with E-state index in [1.54, 1.807) is 0 Å². The molecule has 0 radical (unpaired) electrons. The molecule has 26 heavy (non-hydrogen) atoms. The Hall–Kier alpha value is -2.22. The van der Waals surface area contributed by atoms with E-state index in [9.17, 15) is 9.59 Å². The van der Waals surface area contributed by atoms with Gasteiger partial charge in [0.2, 0.25) is 11.8 Å². The maximum absolute atomic E-state index is 12.6. The summed E-state index contributed by atoms with van der Waals surface area (Å²) in [5, 5.41) is 5.80. The summed E-state index contributed by atoms with van der Waals surface area (Å²) in [6.45, 7) is 3.94. The van der Waals surface area contributed by atoms with Gasteiger partial charge in [-0.05, 0) is 26.3 Å². The van der Waals surface area contributed by atoms with Crippen molar-refractivity contribution in [1.82, 2.24) is 25.1 Å². The first kappa shape index (κ1) is 18.6. The molecule has 0 saturated carbocycles. The van der Waals surface area contributed by atoms with Gasteiger partial charge in [0.25, 0.3) is 0 Å². The van der Waals surface area contributed by atoms with Crippen LogP contribution in [0.5, 0.6) is 0 Å². The number of nitrogens with one attached hydrogen (secondary N) is 2. The lowest BCUT2D eigenvalue weighted by molar-refractivity contribution is -0.136. The molecule has 2 amide bonds. The molecule has 1 aromatic heterocycles. The lowest BCUT2D eigenvalue weighted by Crippen LogP contribution is -2.44. The number of hydrogen-bond acceptors (Lipinski definition) is 6. The smallest absolute Gasteiger partial charge is 0.242 e. The fourth-order valence-electron chi connectivity index (χ4n) is 3.72. The van der Waals surface area contributed by atoms with Crippen LogP contribution in [-0.2, 0) is 22.6 Å². The summed E-state index contributed by atoms with van der Waals surface area (Å²) in [4.78, 5) is 37.4. The number of fused-ring (bicyclic) bond motifs is 1. The third kappa shape index (κ3) is 3.95. The maximum atomic E-state index is 12.6. The number of anilines is 1. The Bertz CT molecular complexity index is 675. The summed E-state index contributed by atoms with van der Waals surface area (Å²) < 4.78 is 0. The van der Waals surface area contributed by atoms with Crippen molar-refractivity contribution in [1.29, 1.82) is 0 Å². The molecule has 8 heteroatoms. The molecule has 3 rings (SSSR count). The van der Waals surface area contributed by atoms with Crippen LogP contribution in [0.4, 0.5) is 5.82 Å². The van der Waals surface area contributed by atoms with Crippen LogP contribution in [-0.4, -0.2) is 65.3 Å². The highest BCUT2D eigenvalue weighted by molar-refractivity contribution is 5.84. The number of carbonyl (C=O) groups is 2. The van der Waals surface area contributed by atoms with Crippen molar-refractivity contribution >= 4 is 17.6 Å². The zero-order chi connectivity index (χ0) is 18.7. The van der Waals surface area contributed by atoms with Crippen LogP contribution < -0.4 is 10.6 Å². The van der Waals surface area contributed by atoms with E-state index in [4.69, 9.17) is 9.97 Å². The molecule has 142 valence electrons. The van der Waals surface area contributed by atoms with Gasteiger partial charge < -0.3 is 20.4 Å². The number of rotatable bonds is 4. The van der Waals surface area contributed by atoms with Gasteiger partial charge in [-0.2, -0.15) is 0 Å². The average Bonchev–Trinajstić information content (AvgIpc) is 2.65. The zero-order valence-corrected chi connectivity index (χ0v) is 15.8. The predicted octanol–water partition coefficient (Wildman–Crippen LogP) is 0.696. The largest absolute Gasteiger partial charge is 0.373 e. The third-order valence-electron chi connectivity index (χ3n) is 5.11. The maximum Gasteiger partial charge on any atom is 0.242 e. The lowest BCUT2D eigenvalue weighted by atomic mass is 10.00. The fourth-order valence-corrected chi connectivity index (χ4v) is 3.72. The molecule has 8 nitrogen and oxygen atoms in total. The van der Waals surface area contributed by atoms with E-state index >= 15 is 0 Å². The highest BCUT2D eigenvalue weighted by Crippen LogP contribution is 2.32. The molecule has 0 aromatic carbocycles. The van der Waals surface area contributed by atoms with Crippen LogP contribution in [0.1, 0.15) is 49.3 Å². The molecular weight excluding hydrogens is 332 g/mol. The number of carbonyl (C=O) groups excluding carboxylic acids is 2. The van der Waals surface area contributed by atoms with Crippen molar-refractivity contribution in [2.75, 3.05) is 39.0 Å². The molecule has 0 spiro atoms. The van der Waals surface area contributed by atoms with Gasteiger partial charge in [-0.1, -0.05) is 0 Å². The molecule has 1 atom stereocenters. The Morgan fingerprint density at radius 3 is 2.77 bits per heavy atom. The van der Waals surface area contributed by atoms with E-state index in [1.807, 2.05) is 11.9 Å². The minimum absolute atomic E-state index is 0.0282. The van der Waals surface area contributed by atoms with Crippen molar-refractivity contribution < 1.29 is 9.59 Å². The van der Waals surface area contributed by atoms with Gasteiger partial charge in [-0.3, -0.25) is 9.59 Å². The van der Waals surface area contributed by atoms with Crippen LogP contribution >= 0.6 is 0 Å². The van der Waals surface area contributed by atoms with Gasteiger partial charge in [0.05, 0.1) is 18.3 Å². The Morgan fingerprint density at radius 1 is 1.23 bits per heavy atom. The van der Waals surface area contributed by atoms with Gasteiger partial charge >= 0.3 is 0 Å². The van der Waals surface area contributed by atoms with Crippen LogP contribution in [0.2, 0.25) is 0 Å². The third-order valence-corrected chi connectivity index (χ3v) is 5.11. The first-order valence-corrected chi connectivity index (χ1v) is 9.29. The average molecular weight is 360 g/mol. The van der Waals surface area contributed by atoms with Crippen molar-refractivity contribution in [3.8, 4) is 0 Å². The van der Waals surface area contributed by atoms with Crippen LogP contribution in [0.3, 0.4) is 0 Å². The second-order valence-corrected chi connectivity index (χ2v) is 7.10. The number of nitrogens with zero attached hydrogens (tertiary/aromatic N) is 4. The van der Waals surface area contributed by atoms with E-state index in [1.165, 1.54) is 6.92 Å². The molecule has 1 saturated heterocycles.